The van der Waals surface area contributed by atoms with Gasteiger partial charge in [-0.3, -0.25) is 9.59 Å². The lowest BCUT2D eigenvalue weighted by molar-refractivity contribution is -0.127. The maximum atomic E-state index is 13.7. The Morgan fingerprint density at radius 1 is 1.13 bits per heavy atom. The molecule has 2 aliphatic rings. The quantitative estimate of drug-likeness (QED) is 0.717. The summed E-state index contributed by atoms with van der Waals surface area (Å²) < 4.78 is 5.32. The van der Waals surface area contributed by atoms with Gasteiger partial charge >= 0.3 is 0 Å². The van der Waals surface area contributed by atoms with Crippen LogP contribution < -0.4 is 5.32 Å². The van der Waals surface area contributed by atoms with E-state index in [2.05, 4.69) is 5.32 Å². The first kappa shape index (κ1) is 21.8. The maximum Gasteiger partial charge on any atom is 0.254 e. The van der Waals surface area contributed by atoms with Crippen LogP contribution in [0.3, 0.4) is 0 Å². The Balaban J connectivity index is 1.70. The Morgan fingerprint density at radius 2 is 1.84 bits per heavy atom. The molecule has 1 heterocycles. The number of carbonyl (C=O) groups excluding carboxylic acids is 2. The van der Waals surface area contributed by atoms with Gasteiger partial charge in [0, 0.05) is 30.8 Å². The molecule has 2 aromatic rings. The van der Waals surface area contributed by atoms with Gasteiger partial charge in [0.1, 0.15) is 0 Å². The average Bonchev–Trinajstić information content (AvgIpc) is 2.79. The number of hydrogen-bond acceptors (Lipinski definition) is 3. The minimum Gasteiger partial charge on any atom is -0.383 e. The van der Waals surface area contributed by atoms with Crippen LogP contribution in [-0.2, 0) is 16.1 Å². The SMILES string of the molecule is COCCN1C(=O)c2ccccc2C(C(=O)NCc2ccc(Cl)cc2)C12CCCCC2. The molecule has 5 nitrogen and oxygen atoms in total. The number of halogens is 1. The molecule has 164 valence electrons. The Kier molecular flexibility index (Phi) is 6.63. The molecule has 4 rings (SSSR count). The first-order valence-corrected chi connectivity index (χ1v) is 11.4. The standard InChI is InChI=1S/C25H29ClN2O3/c1-31-16-15-28-24(30)21-8-4-3-7-20(21)22(25(28)13-5-2-6-14-25)23(29)27-17-18-9-11-19(26)12-10-18/h3-4,7-12,22H,2,5-6,13-17H2,1H3,(H,27,29). The summed E-state index contributed by atoms with van der Waals surface area (Å²) in [5.74, 6) is -0.415. The highest BCUT2D eigenvalue weighted by atomic mass is 35.5. The summed E-state index contributed by atoms with van der Waals surface area (Å²) >= 11 is 5.99. The van der Waals surface area contributed by atoms with Gasteiger partial charge in [0.05, 0.1) is 18.1 Å². The summed E-state index contributed by atoms with van der Waals surface area (Å²) in [4.78, 5) is 29.1. The fourth-order valence-corrected chi connectivity index (χ4v) is 5.37. The van der Waals surface area contributed by atoms with Crippen LogP contribution in [0.1, 0.15) is 59.5 Å². The molecule has 1 unspecified atom stereocenters. The molecular weight excluding hydrogens is 412 g/mol. The minimum atomic E-state index is -0.508. The van der Waals surface area contributed by atoms with Gasteiger partial charge in [0.2, 0.25) is 5.91 Å². The third-order valence-corrected chi connectivity index (χ3v) is 6.95. The van der Waals surface area contributed by atoms with Crippen molar-refractivity contribution in [2.24, 2.45) is 0 Å². The Hall–Kier alpha value is -2.37. The fourth-order valence-electron chi connectivity index (χ4n) is 5.24. The number of nitrogens with zero attached hydrogens (tertiary/aromatic N) is 1. The van der Waals surface area contributed by atoms with Gasteiger partial charge < -0.3 is 15.0 Å². The van der Waals surface area contributed by atoms with E-state index in [4.69, 9.17) is 16.3 Å². The number of fused-ring (bicyclic) bond motifs is 1. The summed E-state index contributed by atoms with van der Waals surface area (Å²) in [6, 6.07) is 15.1. The average molecular weight is 441 g/mol. The molecule has 1 aliphatic carbocycles. The van der Waals surface area contributed by atoms with Gasteiger partial charge in [0.15, 0.2) is 0 Å². The van der Waals surface area contributed by atoms with Crippen LogP contribution in [0, 0.1) is 0 Å². The molecule has 6 heteroatoms. The molecule has 2 aromatic carbocycles. The van der Waals surface area contributed by atoms with Gasteiger partial charge in [-0.2, -0.15) is 0 Å². The van der Waals surface area contributed by atoms with Crippen LogP contribution in [0.2, 0.25) is 5.02 Å². The van der Waals surface area contributed by atoms with Crippen molar-refractivity contribution in [3.05, 3.63) is 70.2 Å². The Morgan fingerprint density at radius 3 is 2.55 bits per heavy atom. The van der Waals surface area contributed by atoms with Gasteiger partial charge in [-0.05, 0) is 42.2 Å². The van der Waals surface area contributed by atoms with E-state index in [-0.39, 0.29) is 11.8 Å². The van der Waals surface area contributed by atoms with E-state index in [1.54, 1.807) is 7.11 Å². The molecule has 1 N–H and O–H groups in total. The highest BCUT2D eigenvalue weighted by Gasteiger charge is 2.54. The monoisotopic (exact) mass is 440 g/mol. The van der Waals surface area contributed by atoms with E-state index in [9.17, 15) is 9.59 Å². The lowest BCUT2D eigenvalue weighted by atomic mass is 9.65. The first-order valence-electron chi connectivity index (χ1n) is 11.0. The van der Waals surface area contributed by atoms with Crippen molar-refractivity contribution in [3.8, 4) is 0 Å². The molecule has 1 spiro atoms. The van der Waals surface area contributed by atoms with Crippen LogP contribution in [0.5, 0.6) is 0 Å². The number of rotatable bonds is 6. The summed E-state index contributed by atoms with van der Waals surface area (Å²) in [5.41, 5.74) is 1.96. The molecule has 1 fully saturated rings. The van der Waals surface area contributed by atoms with Crippen LogP contribution in [0.25, 0.3) is 0 Å². The zero-order valence-electron chi connectivity index (χ0n) is 17.9. The van der Waals surface area contributed by atoms with Crippen molar-refractivity contribution in [2.45, 2.75) is 50.1 Å². The van der Waals surface area contributed by atoms with Gasteiger partial charge in [-0.1, -0.05) is 61.2 Å². The topological polar surface area (TPSA) is 58.6 Å². The van der Waals surface area contributed by atoms with E-state index in [1.165, 1.54) is 0 Å². The van der Waals surface area contributed by atoms with Gasteiger partial charge in [0.25, 0.3) is 5.91 Å². The largest absolute Gasteiger partial charge is 0.383 e. The predicted molar refractivity (Wildman–Crippen MR) is 121 cm³/mol. The number of amides is 2. The van der Waals surface area contributed by atoms with Crippen molar-refractivity contribution >= 4 is 23.4 Å². The second-order valence-electron chi connectivity index (χ2n) is 8.48. The molecular formula is C25H29ClN2O3. The second kappa shape index (κ2) is 9.41. The number of nitrogens with one attached hydrogen (secondary N) is 1. The molecule has 0 radical (unpaired) electrons. The molecule has 1 aliphatic heterocycles. The fraction of sp³-hybridized carbons (Fsp3) is 0.440. The number of carbonyl (C=O) groups is 2. The molecule has 1 saturated carbocycles. The van der Waals surface area contributed by atoms with Crippen LogP contribution in [0.15, 0.2) is 48.5 Å². The van der Waals surface area contributed by atoms with E-state index < -0.39 is 11.5 Å². The lowest BCUT2D eigenvalue weighted by Crippen LogP contribution is -2.63. The molecule has 0 saturated heterocycles. The molecule has 31 heavy (non-hydrogen) atoms. The number of ether oxygens (including phenoxy) is 1. The van der Waals surface area contributed by atoms with Crippen molar-refractivity contribution in [1.82, 2.24) is 10.2 Å². The van der Waals surface area contributed by atoms with Crippen molar-refractivity contribution in [3.63, 3.8) is 0 Å². The maximum absolute atomic E-state index is 13.7. The van der Waals surface area contributed by atoms with Gasteiger partial charge in [-0.15, -0.1) is 0 Å². The molecule has 0 bridgehead atoms. The number of hydrogen-bond donors (Lipinski definition) is 1. The lowest BCUT2D eigenvalue weighted by Gasteiger charge is -2.53. The van der Waals surface area contributed by atoms with E-state index in [0.717, 1.165) is 43.2 Å². The summed E-state index contributed by atoms with van der Waals surface area (Å²) in [7, 11) is 1.65. The van der Waals surface area contributed by atoms with E-state index >= 15 is 0 Å². The van der Waals surface area contributed by atoms with Gasteiger partial charge in [-0.25, -0.2) is 0 Å². The van der Waals surface area contributed by atoms with Crippen LogP contribution in [-0.4, -0.2) is 42.5 Å². The predicted octanol–water partition coefficient (Wildman–Crippen LogP) is 4.55. The number of benzene rings is 2. The van der Waals surface area contributed by atoms with Crippen molar-refractivity contribution in [2.75, 3.05) is 20.3 Å². The van der Waals surface area contributed by atoms with E-state index in [1.807, 2.05) is 53.4 Å². The summed E-state index contributed by atoms with van der Waals surface area (Å²) in [6.07, 6.45) is 4.82. The third kappa shape index (κ3) is 4.21. The highest BCUT2D eigenvalue weighted by molar-refractivity contribution is 6.30. The van der Waals surface area contributed by atoms with Crippen LogP contribution in [0.4, 0.5) is 0 Å². The van der Waals surface area contributed by atoms with Crippen molar-refractivity contribution in [1.29, 1.82) is 0 Å². The summed E-state index contributed by atoms with van der Waals surface area (Å²) in [6.45, 7) is 1.37. The Bertz CT molecular complexity index is 938. The normalized spacial score (nSPS) is 19.9. The minimum absolute atomic E-state index is 0.0105. The zero-order valence-corrected chi connectivity index (χ0v) is 18.7. The zero-order chi connectivity index (χ0) is 21.8. The van der Waals surface area contributed by atoms with Crippen LogP contribution >= 0.6 is 11.6 Å². The smallest absolute Gasteiger partial charge is 0.254 e. The highest BCUT2D eigenvalue weighted by Crippen LogP contribution is 2.49. The first-order chi connectivity index (χ1) is 15.1. The summed E-state index contributed by atoms with van der Waals surface area (Å²) in [5, 5.41) is 3.81. The second-order valence-corrected chi connectivity index (χ2v) is 8.91. The van der Waals surface area contributed by atoms with E-state index in [0.29, 0.717) is 30.3 Å². The molecule has 1 atom stereocenters. The Labute approximate surface area is 188 Å². The molecule has 2 amide bonds. The number of methoxy groups -OCH3 is 1. The molecule has 0 aromatic heterocycles. The third-order valence-electron chi connectivity index (χ3n) is 6.70. The van der Waals surface area contributed by atoms with Crippen molar-refractivity contribution < 1.29 is 14.3 Å².